The molecule has 27 heavy (non-hydrogen) atoms. The number of hydrogen-bond donors (Lipinski definition) is 1. The van der Waals surface area contributed by atoms with Crippen molar-refractivity contribution in [1.82, 2.24) is 4.90 Å². The van der Waals surface area contributed by atoms with Gasteiger partial charge >= 0.3 is 0 Å². The molecule has 3 rings (SSSR count). The molecule has 0 spiro atoms. The molecule has 1 saturated heterocycles. The summed E-state index contributed by atoms with van der Waals surface area (Å²) in [6, 6.07) is 12.7. The lowest BCUT2D eigenvalue weighted by molar-refractivity contribution is -0.113. The molecule has 1 aliphatic rings. The first kappa shape index (κ1) is 19.8. The fourth-order valence-electron chi connectivity index (χ4n) is 3.24. The second-order valence-electron chi connectivity index (χ2n) is 7.40. The van der Waals surface area contributed by atoms with Gasteiger partial charge < -0.3 is 15.1 Å². The Bertz CT molecular complexity index is 813. The van der Waals surface area contributed by atoms with Gasteiger partial charge in [-0.05, 0) is 63.2 Å². The minimum Gasteiger partial charge on any atom is -0.369 e. The zero-order chi connectivity index (χ0) is 19.4. The molecule has 144 valence electrons. The highest BCUT2D eigenvalue weighted by molar-refractivity contribution is 8.00. The lowest BCUT2D eigenvalue weighted by Gasteiger charge is -2.34. The van der Waals surface area contributed by atoms with Crippen LogP contribution < -0.4 is 10.2 Å². The summed E-state index contributed by atoms with van der Waals surface area (Å²) < 4.78 is 0. The first-order valence-electron chi connectivity index (χ1n) is 9.46. The average molecular weight is 384 g/mol. The maximum atomic E-state index is 12.4. The van der Waals surface area contributed by atoms with Crippen molar-refractivity contribution in [1.29, 1.82) is 0 Å². The van der Waals surface area contributed by atoms with Gasteiger partial charge in [0.05, 0.1) is 5.75 Å². The number of carbonyl (C=O) groups excluding carboxylic acids is 1. The number of aryl methyl sites for hydroxylation is 3. The van der Waals surface area contributed by atoms with Crippen molar-refractivity contribution in [3.8, 4) is 0 Å². The lowest BCUT2D eigenvalue weighted by atomic mass is 10.1. The number of anilines is 2. The van der Waals surface area contributed by atoms with Crippen LogP contribution in [0.25, 0.3) is 0 Å². The van der Waals surface area contributed by atoms with Crippen molar-refractivity contribution in [2.75, 3.05) is 49.2 Å². The van der Waals surface area contributed by atoms with Crippen LogP contribution >= 0.6 is 11.8 Å². The second-order valence-corrected chi connectivity index (χ2v) is 8.41. The number of benzene rings is 2. The fourth-order valence-corrected chi connectivity index (χ4v) is 4.17. The number of rotatable bonds is 5. The van der Waals surface area contributed by atoms with Gasteiger partial charge in [0, 0.05) is 42.4 Å². The standard InChI is InChI=1S/C22H29N3OS/c1-16-5-6-17(2)21(13-16)27-15-22(26)23-20-8-7-19(14-18(20)3)25-11-9-24(4)10-12-25/h5-8,13-14H,9-12,15H2,1-4H3,(H,23,26). The molecule has 2 aromatic carbocycles. The molecule has 1 fully saturated rings. The molecular formula is C22H29N3OS. The Morgan fingerprint density at radius 3 is 2.44 bits per heavy atom. The SMILES string of the molecule is Cc1ccc(C)c(SCC(=O)Nc2ccc(N3CCN(C)CC3)cc2C)c1. The number of likely N-dealkylation sites (N-methyl/N-ethyl adjacent to an activating group) is 1. The van der Waals surface area contributed by atoms with Crippen LogP contribution in [0.4, 0.5) is 11.4 Å². The summed E-state index contributed by atoms with van der Waals surface area (Å²) in [5, 5.41) is 3.07. The molecule has 0 unspecified atom stereocenters. The Hall–Kier alpha value is -1.98. The van der Waals surface area contributed by atoms with E-state index in [1.165, 1.54) is 21.7 Å². The van der Waals surface area contributed by atoms with E-state index in [9.17, 15) is 4.79 Å². The third-order valence-electron chi connectivity index (χ3n) is 5.05. The van der Waals surface area contributed by atoms with Crippen LogP contribution in [0.15, 0.2) is 41.3 Å². The highest BCUT2D eigenvalue weighted by Crippen LogP contribution is 2.26. The van der Waals surface area contributed by atoms with Crippen molar-refractivity contribution in [3.63, 3.8) is 0 Å². The van der Waals surface area contributed by atoms with E-state index in [1.807, 2.05) is 6.07 Å². The van der Waals surface area contributed by atoms with Gasteiger partial charge in [-0.2, -0.15) is 0 Å². The van der Waals surface area contributed by atoms with Crippen LogP contribution in [0.2, 0.25) is 0 Å². The topological polar surface area (TPSA) is 35.6 Å². The minimum atomic E-state index is 0.0383. The molecule has 0 saturated carbocycles. The average Bonchev–Trinajstić information content (AvgIpc) is 2.65. The molecule has 0 radical (unpaired) electrons. The summed E-state index contributed by atoms with van der Waals surface area (Å²) in [4.78, 5) is 18.3. The number of nitrogens with one attached hydrogen (secondary N) is 1. The Labute approximate surface area is 166 Å². The summed E-state index contributed by atoms with van der Waals surface area (Å²) in [7, 11) is 2.16. The van der Waals surface area contributed by atoms with Crippen molar-refractivity contribution < 1.29 is 4.79 Å². The number of carbonyl (C=O) groups is 1. The molecule has 1 heterocycles. The molecule has 2 aromatic rings. The quantitative estimate of drug-likeness (QED) is 0.789. The number of nitrogens with zero attached hydrogens (tertiary/aromatic N) is 2. The van der Waals surface area contributed by atoms with E-state index in [0.717, 1.165) is 37.4 Å². The van der Waals surface area contributed by atoms with Crippen molar-refractivity contribution in [3.05, 3.63) is 53.1 Å². The van der Waals surface area contributed by atoms with Crippen LogP contribution in [0.5, 0.6) is 0 Å². The Kier molecular flexibility index (Phi) is 6.45. The fraction of sp³-hybridized carbons (Fsp3) is 0.409. The van der Waals surface area contributed by atoms with Crippen molar-refractivity contribution >= 4 is 29.0 Å². The maximum Gasteiger partial charge on any atom is 0.234 e. The van der Waals surface area contributed by atoms with E-state index in [4.69, 9.17) is 0 Å². The Morgan fingerprint density at radius 2 is 1.74 bits per heavy atom. The van der Waals surface area contributed by atoms with Crippen LogP contribution in [0, 0.1) is 20.8 Å². The molecule has 1 N–H and O–H groups in total. The number of thioether (sulfide) groups is 1. The molecule has 1 amide bonds. The molecule has 0 atom stereocenters. The predicted molar refractivity (Wildman–Crippen MR) is 116 cm³/mol. The van der Waals surface area contributed by atoms with E-state index in [-0.39, 0.29) is 5.91 Å². The molecular weight excluding hydrogens is 354 g/mol. The summed E-state index contributed by atoms with van der Waals surface area (Å²) in [5.41, 5.74) is 5.68. The first-order chi connectivity index (χ1) is 12.9. The van der Waals surface area contributed by atoms with Crippen LogP contribution in [-0.4, -0.2) is 49.8 Å². The smallest absolute Gasteiger partial charge is 0.234 e. The van der Waals surface area contributed by atoms with Crippen LogP contribution in [0.1, 0.15) is 16.7 Å². The largest absolute Gasteiger partial charge is 0.369 e. The first-order valence-corrected chi connectivity index (χ1v) is 10.4. The summed E-state index contributed by atoms with van der Waals surface area (Å²) in [6.45, 7) is 10.5. The summed E-state index contributed by atoms with van der Waals surface area (Å²) >= 11 is 1.60. The van der Waals surface area contributed by atoms with E-state index < -0.39 is 0 Å². The van der Waals surface area contributed by atoms with Gasteiger partial charge in [0.1, 0.15) is 0 Å². The predicted octanol–water partition coefficient (Wildman–Crippen LogP) is 4.09. The maximum absolute atomic E-state index is 12.4. The normalized spacial score (nSPS) is 15.0. The summed E-state index contributed by atoms with van der Waals surface area (Å²) in [5.74, 6) is 0.459. The molecule has 0 aromatic heterocycles. The van der Waals surface area contributed by atoms with E-state index >= 15 is 0 Å². The van der Waals surface area contributed by atoms with E-state index in [1.54, 1.807) is 11.8 Å². The number of hydrogen-bond acceptors (Lipinski definition) is 4. The summed E-state index contributed by atoms with van der Waals surface area (Å²) in [6.07, 6.45) is 0. The van der Waals surface area contributed by atoms with Gasteiger partial charge in [-0.25, -0.2) is 0 Å². The lowest BCUT2D eigenvalue weighted by Crippen LogP contribution is -2.44. The number of amides is 1. The second kappa shape index (κ2) is 8.81. The van der Waals surface area contributed by atoms with Crippen molar-refractivity contribution in [2.45, 2.75) is 25.7 Å². The van der Waals surface area contributed by atoms with Crippen LogP contribution in [0.3, 0.4) is 0 Å². The van der Waals surface area contributed by atoms with Gasteiger partial charge in [-0.1, -0.05) is 17.7 Å². The van der Waals surface area contributed by atoms with Gasteiger partial charge in [0.15, 0.2) is 0 Å². The number of piperazine rings is 1. The monoisotopic (exact) mass is 383 g/mol. The zero-order valence-electron chi connectivity index (χ0n) is 16.7. The van der Waals surface area contributed by atoms with Gasteiger partial charge in [-0.15, -0.1) is 11.8 Å². The molecule has 4 nitrogen and oxygen atoms in total. The molecule has 0 bridgehead atoms. The Balaban J connectivity index is 1.58. The van der Waals surface area contributed by atoms with Gasteiger partial charge in [-0.3, -0.25) is 4.79 Å². The minimum absolute atomic E-state index is 0.0383. The molecule has 5 heteroatoms. The molecule has 1 aliphatic heterocycles. The highest BCUT2D eigenvalue weighted by Gasteiger charge is 2.15. The molecule has 0 aliphatic carbocycles. The van der Waals surface area contributed by atoms with E-state index in [0.29, 0.717) is 5.75 Å². The van der Waals surface area contributed by atoms with E-state index in [2.05, 4.69) is 73.3 Å². The highest BCUT2D eigenvalue weighted by atomic mass is 32.2. The zero-order valence-corrected chi connectivity index (χ0v) is 17.5. The van der Waals surface area contributed by atoms with Crippen molar-refractivity contribution in [2.24, 2.45) is 0 Å². The van der Waals surface area contributed by atoms with Crippen LogP contribution in [-0.2, 0) is 4.79 Å². The van der Waals surface area contributed by atoms with Gasteiger partial charge in [0.25, 0.3) is 0 Å². The van der Waals surface area contributed by atoms with Gasteiger partial charge in [0.2, 0.25) is 5.91 Å². The third kappa shape index (κ3) is 5.27. The Morgan fingerprint density at radius 1 is 1.00 bits per heavy atom. The third-order valence-corrected chi connectivity index (χ3v) is 6.21.